The molecule has 0 saturated heterocycles. The predicted molar refractivity (Wildman–Crippen MR) is 141 cm³/mol. The van der Waals surface area contributed by atoms with Gasteiger partial charge < -0.3 is 20.7 Å². The summed E-state index contributed by atoms with van der Waals surface area (Å²) < 4.78 is 22.3. The van der Waals surface area contributed by atoms with E-state index < -0.39 is 11.1 Å². The van der Waals surface area contributed by atoms with E-state index in [0.29, 0.717) is 46.2 Å². The van der Waals surface area contributed by atoms with E-state index in [-0.39, 0.29) is 11.5 Å². The molecule has 10 nitrogen and oxygen atoms in total. The van der Waals surface area contributed by atoms with E-state index in [2.05, 4.69) is 36.0 Å². The molecule has 0 atom stereocenters. The molecule has 0 bridgehead atoms. The standard InChI is InChI=1S/C21H24B3FN8O2/c1-3-33-18-11(9-29-33)13(25)6-15(19(18)35-2)30-14-7-17(31-16-4-5-26-10-28-16)27-8-12(14)20(34)32-21(22,23)24/h4-10H,3,22-24H2,1-2H3,(H,32,34)(H2,26,27,28,30,31). The highest BCUT2D eigenvalue weighted by atomic mass is 19.1. The molecule has 4 rings (SSSR count). The Kier molecular flexibility index (Phi) is 6.63. The molecule has 0 fully saturated rings. The highest BCUT2D eigenvalue weighted by Gasteiger charge is 2.22. The second-order valence-electron chi connectivity index (χ2n) is 8.83. The van der Waals surface area contributed by atoms with Gasteiger partial charge in [-0.05, 0) is 18.2 Å². The molecule has 4 aromatic rings. The molecular weight excluding hydrogens is 448 g/mol. The maximum Gasteiger partial charge on any atom is 0.253 e. The topological polar surface area (TPSA) is 119 Å². The summed E-state index contributed by atoms with van der Waals surface area (Å²) in [5, 5.41) is 13.3. The molecule has 3 N–H and O–H groups in total. The number of amides is 1. The summed E-state index contributed by atoms with van der Waals surface area (Å²) in [6, 6.07) is 4.66. The van der Waals surface area contributed by atoms with Crippen LogP contribution in [0.3, 0.4) is 0 Å². The van der Waals surface area contributed by atoms with Crippen molar-refractivity contribution in [3.05, 3.63) is 54.5 Å². The summed E-state index contributed by atoms with van der Waals surface area (Å²) in [6.07, 6.45) is 5.93. The highest BCUT2D eigenvalue weighted by molar-refractivity contribution is 6.60. The number of nitrogens with one attached hydrogen (secondary N) is 3. The molecule has 0 saturated carbocycles. The van der Waals surface area contributed by atoms with E-state index in [1.807, 2.05) is 30.5 Å². The second kappa shape index (κ2) is 9.65. The van der Waals surface area contributed by atoms with Gasteiger partial charge in [0.05, 0.1) is 35.6 Å². The third-order valence-electron chi connectivity index (χ3n) is 5.08. The monoisotopic (exact) mass is 472 g/mol. The molecule has 35 heavy (non-hydrogen) atoms. The van der Waals surface area contributed by atoms with Gasteiger partial charge in [0, 0.05) is 31.1 Å². The third kappa shape index (κ3) is 5.21. The maximum atomic E-state index is 15.0. The summed E-state index contributed by atoms with van der Waals surface area (Å²) in [6.45, 7) is 2.44. The number of anilines is 4. The Morgan fingerprint density at radius 2 is 1.94 bits per heavy atom. The molecule has 0 spiro atoms. The first-order valence-corrected chi connectivity index (χ1v) is 11.0. The molecule has 0 aliphatic carbocycles. The van der Waals surface area contributed by atoms with Crippen molar-refractivity contribution in [3.63, 3.8) is 0 Å². The average molecular weight is 472 g/mol. The second-order valence-corrected chi connectivity index (χ2v) is 8.83. The van der Waals surface area contributed by atoms with Crippen LogP contribution < -0.4 is 20.7 Å². The van der Waals surface area contributed by atoms with Crippen LogP contribution in [0.5, 0.6) is 5.75 Å². The highest BCUT2D eigenvalue weighted by Crippen LogP contribution is 2.38. The first-order chi connectivity index (χ1) is 16.7. The number of aromatic nitrogens is 5. The van der Waals surface area contributed by atoms with Crippen LogP contribution in [0.1, 0.15) is 17.3 Å². The van der Waals surface area contributed by atoms with Crippen molar-refractivity contribution < 1.29 is 13.9 Å². The Labute approximate surface area is 204 Å². The summed E-state index contributed by atoms with van der Waals surface area (Å²) in [5.41, 5.74) is 1.54. The minimum Gasteiger partial charge on any atom is -0.492 e. The number of halogens is 1. The lowest BCUT2D eigenvalue weighted by molar-refractivity contribution is 0.0953. The van der Waals surface area contributed by atoms with E-state index >= 15 is 0 Å². The molecule has 176 valence electrons. The lowest BCUT2D eigenvalue weighted by Crippen LogP contribution is -2.50. The number of aryl methyl sites for hydroxylation is 1. The summed E-state index contributed by atoms with van der Waals surface area (Å²) in [7, 11) is 7.16. The maximum absolute atomic E-state index is 15.0. The fourth-order valence-corrected chi connectivity index (χ4v) is 3.59. The van der Waals surface area contributed by atoms with E-state index in [4.69, 9.17) is 4.74 Å². The Morgan fingerprint density at radius 1 is 1.14 bits per heavy atom. The summed E-state index contributed by atoms with van der Waals surface area (Å²) in [4.78, 5) is 25.5. The van der Waals surface area contributed by atoms with Crippen molar-refractivity contribution in [1.29, 1.82) is 0 Å². The van der Waals surface area contributed by atoms with Gasteiger partial charge in [-0.25, -0.2) is 19.3 Å². The largest absolute Gasteiger partial charge is 0.492 e. The minimum absolute atomic E-state index is 0.278. The van der Waals surface area contributed by atoms with Crippen LogP contribution in [-0.2, 0) is 6.54 Å². The van der Waals surface area contributed by atoms with Crippen LogP contribution >= 0.6 is 0 Å². The Balaban J connectivity index is 1.81. The number of carbonyl (C=O) groups is 1. The van der Waals surface area contributed by atoms with Gasteiger partial charge >= 0.3 is 0 Å². The van der Waals surface area contributed by atoms with Crippen LogP contribution in [0.4, 0.5) is 27.4 Å². The number of methoxy groups -OCH3 is 1. The lowest BCUT2D eigenvalue weighted by atomic mass is 9.49. The Morgan fingerprint density at radius 3 is 2.60 bits per heavy atom. The van der Waals surface area contributed by atoms with Gasteiger partial charge in [0.1, 0.15) is 52.8 Å². The summed E-state index contributed by atoms with van der Waals surface area (Å²) >= 11 is 0. The molecule has 0 unspecified atom stereocenters. The number of rotatable bonds is 8. The first-order valence-electron chi connectivity index (χ1n) is 11.0. The SMILES string of the molecule is BC(B)(B)NC(=O)c1cnc(Nc2ccncn2)cc1Nc1cc(F)c2cnn(CC)c2c1OC. The number of fused-ring (bicyclic) bond motifs is 1. The number of ether oxygens (including phenoxy) is 1. The van der Waals surface area contributed by atoms with Crippen LogP contribution in [0.2, 0.25) is 0 Å². The van der Waals surface area contributed by atoms with E-state index in [1.165, 1.54) is 31.9 Å². The molecule has 0 aliphatic heterocycles. The molecule has 1 amide bonds. The van der Waals surface area contributed by atoms with Crippen LogP contribution in [0.25, 0.3) is 10.9 Å². The molecule has 0 radical (unpaired) electrons. The Hall–Kier alpha value is -4.09. The molecule has 3 heterocycles. The molecule has 0 aliphatic rings. The van der Waals surface area contributed by atoms with Crippen molar-refractivity contribution in [1.82, 2.24) is 30.0 Å². The van der Waals surface area contributed by atoms with Crippen molar-refractivity contribution in [3.8, 4) is 5.75 Å². The summed E-state index contributed by atoms with van der Waals surface area (Å²) in [5.74, 6) is 0.571. The van der Waals surface area contributed by atoms with E-state index in [9.17, 15) is 9.18 Å². The predicted octanol–water partition coefficient (Wildman–Crippen LogP) is 0.116. The number of carbonyl (C=O) groups excluding carboxylic acids is 1. The molecular formula is C21H24B3FN8O2. The molecule has 1 aromatic carbocycles. The smallest absolute Gasteiger partial charge is 0.253 e. The quantitative estimate of drug-likeness (QED) is 0.310. The molecule has 3 aromatic heterocycles. The van der Waals surface area contributed by atoms with Crippen molar-refractivity contribution >= 4 is 63.4 Å². The normalized spacial score (nSPS) is 11.3. The zero-order valence-electron chi connectivity index (χ0n) is 20.2. The van der Waals surface area contributed by atoms with Crippen molar-refractivity contribution in [2.24, 2.45) is 0 Å². The number of benzene rings is 1. The van der Waals surface area contributed by atoms with Gasteiger partial charge in [-0.2, -0.15) is 5.10 Å². The molecule has 14 heteroatoms. The average Bonchev–Trinajstić information content (AvgIpc) is 3.24. The van der Waals surface area contributed by atoms with Crippen LogP contribution in [-0.4, -0.2) is 66.5 Å². The fraction of sp³-hybridized carbons (Fsp3) is 0.190. The fourth-order valence-electron chi connectivity index (χ4n) is 3.59. The van der Waals surface area contributed by atoms with Crippen molar-refractivity contribution in [2.75, 3.05) is 17.7 Å². The third-order valence-corrected chi connectivity index (χ3v) is 5.08. The number of hydrogen-bond acceptors (Lipinski definition) is 8. The van der Waals surface area contributed by atoms with E-state index in [1.54, 1.807) is 23.0 Å². The van der Waals surface area contributed by atoms with Crippen molar-refractivity contribution in [2.45, 2.75) is 18.7 Å². The van der Waals surface area contributed by atoms with Gasteiger partial charge in [0.25, 0.3) is 5.91 Å². The zero-order valence-corrected chi connectivity index (χ0v) is 20.2. The van der Waals surface area contributed by atoms with Crippen LogP contribution in [0.15, 0.2) is 43.1 Å². The van der Waals surface area contributed by atoms with Crippen LogP contribution in [0, 0.1) is 5.82 Å². The number of pyridine rings is 1. The minimum atomic E-state index is -0.470. The van der Waals surface area contributed by atoms with E-state index in [0.717, 1.165) is 0 Å². The van der Waals surface area contributed by atoms with Gasteiger partial charge in [-0.3, -0.25) is 9.48 Å². The lowest BCUT2D eigenvalue weighted by Gasteiger charge is -2.22. The number of nitrogens with zero attached hydrogens (tertiary/aromatic N) is 5. The first kappa shape index (κ1) is 24.1. The van der Waals surface area contributed by atoms with Gasteiger partial charge in [0.2, 0.25) is 0 Å². The van der Waals surface area contributed by atoms with Gasteiger partial charge in [-0.15, -0.1) is 0 Å². The number of hydrogen-bond donors (Lipinski definition) is 3. The zero-order chi connectivity index (χ0) is 25.2. The van der Waals surface area contributed by atoms with Gasteiger partial charge in [-0.1, -0.05) is 0 Å². The Bertz CT molecular complexity index is 1380. The van der Waals surface area contributed by atoms with Gasteiger partial charge in [0.15, 0.2) is 5.75 Å².